The molecule has 4 heterocycles. The first kappa shape index (κ1) is 21.7. The topological polar surface area (TPSA) is 87.8 Å². The van der Waals surface area contributed by atoms with Crippen molar-refractivity contribution in [3.8, 4) is 0 Å². The van der Waals surface area contributed by atoms with E-state index in [0.717, 1.165) is 61.8 Å². The van der Waals surface area contributed by atoms with Gasteiger partial charge in [-0.25, -0.2) is 4.98 Å². The number of primary amides is 1. The lowest BCUT2D eigenvalue weighted by atomic mass is 10.0. The lowest BCUT2D eigenvalue weighted by molar-refractivity contribution is -0.129. The zero-order valence-electron chi connectivity index (χ0n) is 17.8. The van der Waals surface area contributed by atoms with Gasteiger partial charge in [-0.15, -0.1) is 11.3 Å². The number of aryl methyl sites for hydroxylation is 1. The van der Waals surface area contributed by atoms with Gasteiger partial charge in [-0.1, -0.05) is 0 Å². The Kier molecular flexibility index (Phi) is 6.18. The molecule has 2 aliphatic rings. The van der Waals surface area contributed by atoms with E-state index in [2.05, 4.69) is 31.6 Å². The van der Waals surface area contributed by atoms with Crippen LogP contribution in [-0.2, 0) is 16.1 Å². The average molecular weight is 453 g/mol. The van der Waals surface area contributed by atoms with E-state index >= 15 is 0 Å². The van der Waals surface area contributed by atoms with Crippen molar-refractivity contribution < 1.29 is 9.53 Å². The number of piperazine rings is 1. The van der Waals surface area contributed by atoms with Crippen LogP contribution in [0.4, 0.5) is 5.82 Å². The standard InChI is InChI=1S/C20H29ClN6O2S/c1-13-14(12-25-4-6-27(7-5-25)20(2,3)18(22)28)30-16-15(13)23-19(21)24-17(16)26-8-10-29-11-9-26/h4-12H2,1-3H3,(H2,22,28). The second-order valence-electron chi connectivity index (χ2n) is 8.43. The minimum Gasteiger partial charge on any atom is -0.378 e. The molecule has 0 saturated carbocycles. The first-order valence-electron chi connectivity index (χ1n) is 10.3. The number of amides is 1. The van der Waals surface area contributed by atoms with Crippen molar-refractivity contribution in [2.75, 3.05) is 57.4 Å². The number of hydrogen-bond donors (Lipinski definition) is 1. The van der Waals surface area contributed by atoms with E-state index in [9.17, 15) is 4.79 Å². The summed E-state index contributed by atoms with van der Waals surface area (Å²) in [5.41, 5.74) is 7.09. The summed E-state index contributed by atoms with van der Waals surface area (Å²) in [6, 6.07) is 0. The number of aromatic nitrogens is 2. The third-order valence-electron chi connectivity index (χ3n) is 6.26. The Morgan fingerprint density at radius 3 is 2.47 bits per heavy atom. The van der Waals surface area contributed by atoms with Crippen LogP contribution in [0.3, 0.4) is 0 Å². The number of nitrogens with zero attached hydrogens (tertiary/aromatic N) is 5. The van der Waals surface area contributed by atoms with E-state index in [1.165, 1.54) is 10.4 Å². The molecule has 164 valence electrons. The fraction of sp³-hybridized carbons (Fsp3) is 0.650. The van der Waals surface area contributed by atoms with Crippen LogP contribution in [-0.4, -0.2) is 83.7 Å². The Hall–Kier alpha value is -1.52. The van der Waals surface area contributed by atoms with Gasteiger partial charge in [0.05, 0.1) is 29.0 Å². The van der Waals surface area contributed by atoms with Crippen LogP contribution >= 0.6 is 22.9 Å². The number of nitrogens with two attached hydrogens (primary N) is 1. The van der Waals surface area contributed by atoms with E-state index in [1.807, 2.05) is 13.8 Å². The van der Waals surface area contributed by atoms with E-state index in [-0.39, 0.29) is 5.91 Å². The second-order valence-corrected chi connectivity index (χ2v) is 9.87. The molecule has 2 saturated heterocycles. The number of morpholine rings is 1. The molecule has 2 aromatic heterocycles. The summed E-state index contributed by atoms with van der Waals surface area (Å²) in [6.45, 7) is 13.2. The Morgan fingerprint density at radius 2 is 1.83 bits per heavy atom. The highest BCUT2D eigenvalue weighted by Crippen LogP contribution is 2.37. The van der Waals surface area contributed by atoms with Gasteiger partial charge < -0.3 is 15.4 Å². The highest BCUT2D eigenvalue weighted by molar-refractivity contribution is 7.19. The lowest BCUT2D eigenvalue weighted by Gasteiger charge is -2.42. The Bertz CT molecular complexity index is 935. The molecule has 1 amide bonds. The van der Waals surface area contributed by atoms with Crippen molar-refractivity contribution in [1.29, 1.82) is 0 Å². The van der Waals surface area contributed by atoms with Crippen molar-refractivity contribution in [1.82, 2.24) is 19.8 Å². The van der Waals surface area contributed by atoms with Gasteiger partial charge in [-0.05, 0) is 37.9 Å². The molecule has 2 aliphatic heterocycles. The highest BCUT2D eigenvalue weighted by atomic mass is 35.5. The van der Waals surface area contributed by atoms with E-state index < -0.39 is 5.54 Å². The maximum absolute atomic E-state index is 11.8. The number of carbonyl (C=O) groups excluding carboxylic acids is 1. The summed E-state index contributed by atoms with van der Waals surface area (Å²) in [7, 11) is 0. The third kappa shape index (κ3) is 4.13. The molecule has 10 heteroatoms. The maximum Gasteiger partial charge on any atom is 0.237 e. The second kappa shape index (κ2) is 8.55. The Balaban J connectivity index is 1.53. The minimum atomic E-state index is -0.612. The number of carbonyl (C=O) groups is 1. The first-order valence-corrected chi connectivity index (χ1v) is 11.5. The van der Waals surface area contributed by atoms with Crippen molar-refractivity contribution in [2.45, 2.75) is 32.9 Å². The number of anilines is 1. The number of rotatable bonds is 5. The zero-order valence-corrected chi connectivity index (χ0v) is 19.4. The quantitative estimate of drug-likeness (QED) is 0.693. The molecule has 2 fully saturated rings. The number of halogens is 1. The molecule has 4 rings (SSSR count). The van der Waals surface area contributed by atoms with Crippen molar-refractivity contribution >= 4 is 44.9 Å². The predicted octanol–water partition coefficient (Wildman–Crippen LogP) is 1.87. The summed E-state index contributed by atoms with van der Waals surface area (Å²) in [5, 5.41) is 0.290. The Labute approximate surface area is 185 Å². The number of hydrogen-bond acceptors (Lipinski definition) is 8. The van der Waals surface area contributed by atoms with Gasteiger partial charge in [0.2, 0.25) is 11.2 Å². The zero-order chi connectivity index (χ0) is 21.5. The average Bonchev–Trinajstić information content (AvgIpc) is 3.04. The van der Waals surface area contributed by atoms with Crippen molar-refractivity contribution in [3.05, 3.63) is 15.7 Å². The van der Waals surface area contributed by atoms with E-state index in [1.54, 1.807) is 11.3 Å². The lowest BCUT2D eigenvalue weighted by Crippen LogP contribution is -2.59. The van der Waals surface area contributed by atoms with Crippen LogP contribution < -0.4 is 10.6 Å². The molecule has 30 heavy (non-hydrogen) atoms. The first-order chi connectivity index (χ1) is 14.3. The minimum absolute atomic E-state index is 0.276. The fourth-order valence-electron chi connectivity index (χ4n) is 4.06. The highest BCUT2D eigenvalue weighted by Gasteiger charge is 2.35. The van der Waals surface area contributed by atoms with E-state index in [0.29, 0.717) is 18.5 Å². The molecule has 0 spiro atoms. The summed E-state index contributed by atoms with van der Waals surface area (Å²) in [4.78, 5) is 29.0. The summed E-state index contributed by atoms with van der Waals surface area (Å²) in [5.74, 6) is 0.642. The van der Waals surface area contributed by atoms with Crippen LogP contribution in [0.5, 0.6) is 0 Å². The molecule has 0 aliphatic carbocycles. The monoisotopic (exact) mass is 452 g/mol. The Morgan fingerprint density at radius 1 is 1.17 bits per heavy atom. The molecule has 0 radical (unpaired) electrons. The van der Waals surface area contributed by atoms with Gasteiger partial charge in [0.1, 0.15) is 0 Å². The van der Waals surface area contributed by atoms with Gasteiger partial charge in [-0.3, -0.25) is 14.6 Å². The van der Waals surface area contributed by atoms with Gasteiger partial charge in [-0.2, -0.15) is 4.98 Å². The van der Waals surface area contributed by atoms with Crippen LogP contribution in [0.1, 0.15) is 24.3 Å². The molecule has 0 atom stereocenters. The normalized spacial score (nSPS) is 19.5. The molecule has 2 aromatic rings. The fourth-order valence-corrected chi connectivity index (χ4v) is 5.53. The SMILES string of the molecule is Cc1c(CN2CCN(C(C)(C)C(N)=O)CC2)sc2c(N3CCOCC3)nc(Cl)nc12. The van der Waals surface area contributed by atoms with Gasteiger partial charge in [0.15, 0.2) is 5.82 Å². The molecule has 0 bridgehead atoms. The summed E-state index contributed by atoms with van der Waals surface area (Å²) >= 11 is 8.03. The molecular weight excluding hydrogens is 424 g/mol. The predicted molar refractivity (Wildman–Crippen MR) is 120 cm³/mol. The number of ether oxygens (including phenoxy) is 1. The van der Waals surface area contributed by atoms with Gasteiger partial charge in [0.25, 0.3) is 0 Å². The van der Waals surface area contributed by atoms with Crippen LogP contribution in [0, 0.1) is 6.92 Å². The number of fused-ring (bicyclic) bond motifs is 1. The van der Waals surface area contributed by atoms with Gasteiger partial charge in [0, 0.05) is 50.7 Å². The largest absolute Gasteiger partial charge is 0.378 e. The van der Waals surface area contributed by atoms with Crippen molar-refractivity contribution in [2.24, 2.45) is 5.73 Å². The molecule has 2 N–H and O–H groups in total. The van der Waals surface area contributed by atoms with Crippen LogP contribution in [0.15, 0.2) is 0 Å². The summed E-state index contributed by atoms with van der Waals surface area (Å²) in [6.07, 6.45) is 0. The van der Waals surface area contributed by atoms with Crippen LogP contribution in [0.25, 0.3) is 10.2 Å². The van der Waals surface area contributed by atoms with Gasteiger partial charge >= 0.3 is 0 Å². The van der Waals surface area contributed by atoms with E-state index in [4.69, 9.17) is 22.1 Å². The number of thiophene rings is 1. The van der Waals surface area contributed by atoms with Crippen molar-refractivity contribution in [3.63, 3.8) is 0 Å². The molecule has 0 unspecified atom stereocenters. The molecular formula is C20H29ClN6O2S. The maximum atomic E-state index is 11.8. The smallest absolute Gasteiger partial charge is 0.237 e. The van der Waals surface area contributed by atoms with Crippen LogP contribution in [0.2, 0.25) is 5.28 Å². The summed E-state index contributed by atoms with van der Waals surface area (Å²) < 4.78 is 6.59. The molecule has 0 aromatic carbocycles. The third-order valence-corrected chi connectivity index (χ3v) is 7.69. The molecule has 8 nitrogen and oxygen atoms in total.